The molecule has 0 aromatic carbocycles. The van der Waals surface area contributed by atoms with Crippen LogP contribution in [-0.2, 0) is 13.6 Å². The summed E-state index contributed by atoms with van der Waals surface area (Å²) >= 11 is 5.58. The summed E-state index contributed by atoms with van der Waals surface area (Å²) in [6, 6.07) is 0. The summed E-state index contributed by atoms with van der Waals surface area (Å²) in [5.41, 5.74) is 0. The van der Waals surface area contributed by atoms with Gasteiger partial charge in [0.05, 0.1) is 13.6 Å². The Labute approximate surface area is 95.2 Å². The Morgan fingerprint density at radius 1 is 1.27 bits per heavy atom. The van der Waals surface area contributed by atoms with E-state index in [4.69, 9.17) is 11.6 Å². The van der Waals surface area contributed by atoms with Gasteiger partial charge in [0.1, 0.15) is 0 Å². The highest BCUT2D eigenvalue weighted by molar-refractivity contribution is 6.17. The van der Waals surface area contributed by atoms with Crippen molar-refractivity contribution in [2.24, 2.45) is 7.05 Å². The van der Waals surface area contributed by atoms with Crippen LogP contribution in [0.15, 0.2) is 0 Å². The third kappa shape index (κ3) is 5.69. The Morgan fingerprint density at radius 3 is 2.73 bits per heavy atom. The molecule has 0 radical (unpaired) electrons. The zero-order valence-corrected chi connectivity index (χ0v) is 9.87. The van der Waals surface area contributed by atoms with Gasteiger partial charge in [-0.2, -0.15) is 4.80 Å². The van der Waals surface area contributed by atoms with E-state index in [0.29, 0.717) is 6.54 Å². The molecule has 1 aromatic heterocycles. The molecular weight excluding hydrogens is 214 g/mol. The van der Waals surface area contributed by atoms with Crippen molar-refractivity contribution in [3.8, 4) is 0 Å². The van der Waals surface area contributed by atoms with E-state index in [1.165, 1.54) is 24.1 Å². The van der Waals surface area contributed by atoms with E-state index in [1.54, 1.807) is 7.05 Å². The SMILES string of the molecule is Cn1nnc(CNCCCCCCCl)n1. The van der Waals surface area contributed by atoms with Crippen molar-refractivity contribution in [2.45, 2.75) is 32.2 Å². The summed E-state index contributed by atoms with van der Waals surface area (Å²) in [4.78, 5) is 1.47. The largest absolute Gasteiger partial charge is 0.310 e. The zero-order valence-electron chi connectivity index (χ0n) is 9.12. The van der Waals surface area contributed by atoms with Gasteiger partial charge in [-0.25, -0.2) is 0 Å². The van der Waals surface area contributed by atoms with Crippen LogP contribution in [0.25, 0.3) is 0 Å². The van der Waals surface area contributed by atoms with Crippen molar-refractivity contribution in [3.63, 3.8) is 0 Å². The van der Waals surface area contributed by atoms with Crippen molar-refractivity contribution in [1.82, 2.24) is 25.5 Å². The maximum absolute atomic E-state index is 5.58. The number of nitrogens with zero attached hydrogens (tertiary/aromatic N) is 4. The average molecular weight is 232 g/mol. The van der Waals surface area contributed by atoms with E-state index in [0.717, 1.165) is 24.7 Å². The highest BCUT2D eigenvalue weighted by Crippen LogP contribution is 1.99. The average Bonchev–Trinajstić information content (AvgIpc) is 2.63. The molecule has 0 saturated carbocycles. The highest BCUT2D eigenvalue weighted by atomic mass is 35.5. The van der Waals surface area contributed by atoms with Gasteiger partial charge in [-0.1, -0.05) is 12.8 Å². The first-order valence-corrected chi connectivity index (χ1v) is 5.86. The molecule has 0 bridgehead atoms. The van der Waals surface area contributed by atoms with Crippen molar-refractivity contribution >= 4 is 11.6 Å². The van der Waals surface area contributed by atoms with Crippen LogP contribution in [0.2, 0.25) is 0 Å². The molecule has 0 atom stereocenters. The third-order valence-electron chi connectivity index (χ3n) is 2.07. The lowest BCUT2D eigenvalue weighted by Crippen LogP contribution is -2.15. The standard InChI is InChI=1S/C9H18ClN5/c1-15-13-9(12-14-15)8-11-7-5-3-2-4-6-10/h11H,2-8H2,1H3. The molecule has 0 unspecified atom stereocenters. The number of alkyl halides is 1. The number of rotatable bonds is 8. The van der Waals surface area contributed by atoms with Crippen LogP contribution in [0.4, 0.5) is 0 Å². The van der Waals surface area contributed by atoms with Gasteiger partial charge in [0.15, 0.2) is 5.82 Å². The zero-order chi connectivity index (χ0) is 10.9. The van der Waals surface area contributed by atoms with Crippen LogP contribution < -0.4 is 5.32 Å². The molecule has 0 spiro atoms. The van der Waals surface area contributed by atoms with E-state index < -0.39 is 0 Å². The minimum Gasteiger partial charge on any atom is -0.310 e. The van der Waals surface area contributed by atoms with Gasteiger partial charge in [0.25, 0.3) is 0 Å². The van der Waals surface area contributed by atoms with Crippen molar-refractivity contribution < 1.29 is 0 Å². The minimum atomic E-state index is 0.698. The van der Waals surface area contributed by atoms with Crippen molar-refractivity contribution in [2.75, 3.05) is 12.4 Å². The highest BCUT2D eigenvalue weighted by Gasteiger charge is 1.98. The maximum atomic E-state index is 5.58. The molecule has 6 heteroatoms. The van der Waals surface area contributed by atoms with E-state index in [1.807, 2.05) is 0 Å². The topological polar surface area (TPSA) is 55.6 Å². The van der Waals surface area contributed by atoms with Crippen LogP contribution >= 0.6 is 11.6 Å². The molecule has 1 heterocycles. The number of aryl methyl sites for hydroxylation is 1. The van der Waals surface area contributed by atoms with Crippen LogP contribution in [0, 0.1) is 0 Å². The molecule has 0 amide bonds. The first kappa shape index (κ1) is 12.4. The number of aromatic nitrogens is 4. The molecule has 0 aliphatic heterocycles. The second kappa shape index (κ2) is 7.59. The Morgan fingerprint density at radius 2 is 2.07 bits per heavy atom. The van der Waals surface area contributed by atoms with Gasteiger partial charge in [0, 0.05) is 5.88 Å². The Bertz CT molecular complexity index is 263. The molecular formula is C9H18ClN5. The molecule has 1 rings (SSSR count). The fourth-order valence-electron chi connectivity index (χ4n) is 1.29. The van der Waals surface area contributed by atoms with Crippen LogP contribution in [0.1, 0.15) is 31.5 Å². The Balaban J connectivity index is 1.93. The van der Waals surface area contributed by atoms with E-state index in [9.17, 15) is 0 Å². The fourth-order valence-corrected chi connectivity index (χ4v) is 1.48. The van der Waals surface area contributed by atoms with Crippen molar-refractivity contribution in [1.29, 1.82) is 0 Å². The number of tetrazole rings is 1. The molecule has 0 fully saturated rings. The second-order valence-corrected chi connectivity index (χ2v) is 3.85. The number of unbranched alkanes of at least 4 members (excludes halogenated alkanes) is 3. The van der Waals surface area contributed by atoms with Gasteiger partial charge < -0.3 is 5.32 Å². The summed E-state index contributed by atoms with van der Waals surface area (Å²) < 4.78 is 0. The monoisotopic (exact) mass is 231 g/mol. The quantitative estimate of drug-likeness (QED) is 0.538. The number of hydrogen-bond acceptors (Lipinski definition) is 4. The maximum Gasteiger partial charge on any atom is 0.188 e. The Hall–Kier alpha value is -0.680. The summed E-state index contributed by atoms with van der Waals surface area (Å²) in [6.07, 6.45) is 4.74. The molecule has 0 aliphatic rings. The van der Waals surface area contributed by atoms with E-state index in [2.05, 4.69) is 20.7 Å². The molecule has 0 saturated heterocycles. The third-order valence-corrected chi connectivity index (χ3v) is 2.34. The fraction of sp³-hybridized carbons (Fsp3) is 0.889. The molecule has 5 nitrogen and oxygen atoms in total. The first-order valence-electron chi connectivity index (χ1n) is 5.32. The molecule has 1 aromatic rings. The molecule has 15 heavy (non-hydrogen) atoms. The lowest BCUT2D eigenvalue weighted by Gasteiger charge is -2.00. The normalized spacial score (nSPS) is 10.8. The van der Waals surface area contributed by atoms with E-state index in [-0.39, 0.29) is 0 Å². The summed E-state index contributed by atoms with van der Waals surface area (Å²) in [6.45, 7) is 1.70. The minimum absolute atomic E-state index is 0.698. The predicted octanol–water partition coefficient (Wildman–Crippen LogP) is 1.10. The van der Waals surface area contributed by atoms with Gasteiger partial charge >= 0.3 is 0 Å². The summed E-state index contributed by atoms with van der Waals surface area (Å²) in [5.74, 6) is 1.52. The van der Waals surface area contributed by atoms with Gasteiger partial charge in [-0.05, 0) is 24.6 Å². The number of hydrogen-bond donors (Lipinski definition) is 1. The lowest BCUT2D eigenvalue weighted by molar-refractivity contribution is 0.584. The van der Waals surface area contributed by atoms with Gasteiger partial charge in [-0.3, -0.25) is 0 Å². The number of halogens is 1. The smallest absolute Gasteiger partial charge is 0.188 e. The van der Waals surface area contributed by atoms with Crippen LogP contribution in [-0.4, -0.2) is 32.6 Å². The van der Waals surface area contributed by atoms with Crippen LogP contribution in [0.3, 0.4) is 0 Å². The summed E-state index contributed by atoms with van der Waals surface area (Å²) in [5, 5.41) is 15.0. The first-order chi connectivity index (χ1) is 7.33. The van der Waals surface area contributed by atoms with E-state index >= 15 is 0 Å². The van der Waals surface area contributed by atoms with Crippen molar-refractivity contribution in [3.05, 3.63) is 5.82 Å². The second-order valence-electron chi connectivity index (χ2n) is 3.48. The van der Waals surface area contributed by atoms with Gasteiger partial charge in [-0.15, -0.1) is 21.8 Å². The molecule has 1 N–H and O–H groups in total. The van der Waals surface area contributed by atoms with Crippen LogP contribution in [0.5, 0.6) is 0 Å². The lowest BCUT2D eigenvalue weighted by atomic mass is 10.2. The molecule has 0 aliphatic carbocycles. The predicted molar refractivity (Wildman–Crippen MR) is 59.7 cm³/mol. The number of nitrogens with one attached hydrogen (secondary N) is 1. The van der Waals surface area contributed by atoms with Gasteiger partial charge in [0.2, 0.25) is 0 Å². The Kier molecular flexibility index (Phi) is 6.27. The summed E-state index contributed by atoms with van der Waals surface area (Å²) in [7, 11) is 1.77. The molecule has 86 valence electrons.